The van der Waals surface area contributed by atoms with Crippen molar-refractivity contribution in [2.75, 3.05) is 25.1 Å². The molecule has 1 aliphatic rings. The molecule has 2 aromatic carbocycles. The first-order valence-corrected chi connectivity index (χ1v) is 11.0. The van der Waals surface area contributed by atoms with Crippen LogP contribution < -0.4 is 14.5 Å². The summed E-state index contributed by atoms with van der Waals surface area (Å²) in [6.07, 6.45) is 0.192. The van der Waals surface area contributed by atoms with E-state index < -0.39 is 33.2 Å². The average molecular weight is 448 g/mol. The van der Waals surface area contributed by atoms with Crippen LogP contribution in [-0.2, 0) is 29.8 Å². The van der Waals surface area contributed by atoms with Crippen LogP contribution in [0, 0.1) is 5.92 Å². The highest BCUT2D eigenvalue weighted by Crippen LogP contribution is 2.55. The summed E-state index contributed by atoms with van der Waals surface area (Å²) >= 11 is 0. The molecular weight excluding hydrogens is 424 g/mol. The number of ether oxygens (including phenoxy) is 2. The quantitative estimate of drug-likeness (QED) is 0.359. The first-order valence-electron chi connectivity index (χ1n) is 9.57. The van der Waals surface area contributed by atoms with E-state index in [1.807, 2.05) is 0 Å². The minimum Gasteiger partial charge on any atom is -0.497 e. The van der Waals surface area contributed by atoms with E-state index in [4.69, 9.17) is 14.7 Å². The molecule has 0 aliphatic heterocycles. The number of carbonyl (C=O) groups excluding carboxylic acids is 2. The molecule has 1 amide bonds. The maximum Gasteiger partial charge on any atom is 0.317 e. The predicted molar refractivity (Wildman–Crippen MR) is 111 cm³/mol. The lowest BCUT2D eigenvalue weighted by Crippen LogP contribution is -2.32. The number of hydroxylamine groups is 1. The van der Waals surface area contributed by atoms with Gasteiger partial charge in [0.05, 0.1) is 30.2 Å². The minimum absolute atomic E-state index is 0.102. The SMILES string of the molecule is CCOC(=O)[C@]1(c2ccc(N(C)S(=O)(=O)c3ccc(OC)cc3)cc2)C[C@H]1C(=O)NO. The van der Waals surface area contributed by atoms with Crippen molar-refractivity contribution in [1.82, 2.24) is 5.48 Å². The van der Waals surface area contributed by atoms with Gasteiger partial charge < -0.3 is 9.47 Å². The van der Waals surface area contributed by atoms with Gasteiger partial charge in [0.2, 0.25) is 5.91 Å². The molecule has 0 radical (unpaired) electrons. The minimum atomic E-state index is -3.81. The highest BCUT2D eigenvalue weighted by atomic mass is 32.2. The zero-order valence-corrected chi connectivity index (χ0v) is 18.2. The van der Waals surface area contributed by atoms with E-state index >= 15 is 0 Å². The molecule has 0 spiro atoms. The second kappa shape index (κ2) is 8.56. The Hall–Kier alpha value is -3.11. The number of nitrogens with one attached hydrogen (secondary N) is 1. The molecule has 10 heteroatoms. The summed E-state index contributed by atoms with van der Waals surface area (Å²) in [6, 6.07) is 12.3. The fraction of sp³-hybridized carbons (Fsp3) is 0.333. The van der Waals surface area contributed by atoms with Crippen LogP contribution >= 0.6 is 0 Å². The van der Waals surface area contributed by atoms with Crippen molar-refractivity contribution < 1.29 is 32.7 Å². The topological polar surface area (TPSA) is 122 Å². The Morgan fingerprint density at radius 2 is 1.77 bits per heavy atom. The maximum absolute atomic E-state index is 12.9. The summed E-state index contributed by atoms with van der Waals surface area (Å²) in [7, 11) is -0.894. The van der Waals surface area contributed by atoms with Crippen molar-refractivity contribution in [3.8, 4) is 5.75 Å². The zero-order chi connectivity index (χ0) is 22.8. The number of amides is 1. The van der Waals surface area contributed by atoms with Crippen molar-refractivity contribution >= 4 is 27.6 Å². The van der Waals surface area contributed by atoms with Crippen molar-refractivity contribution in [3.63, 3.8) is 0 Å². The summed E-state index contributed by atoms with van der Waals surface area (Å²) in [4.78, 5) is 24.6. The Kier molecular flexibility index (Phi) is 6.23. The van der Waals surface area contributed by atoms with E-state index in [0.717, 1.165) is 4.31 Å². The fourth-order valence-electron chi connectivity index (χ4n) is 3.59. The predicted octanol–water partition coefficient (Wildman–Crippen LogP) is 1.85. The fourth-order valence-corrected chi connectivity index (χ4v) is 4.79. The standard InChI is InChI=1S/C21H24N2O7S/c1-4-30-20(25)21(13-18(21)19(24)22-26)14-5-7-15(8-6-14)23(2)31(27,28)17-11-9-16(29-3)10-12-17/h5-12,18,26H,4,13H2,1-3H3,(H,22,24)/t18-,21-/m0/s1. The third-order valence-corrected chi connectivity index (χ3v) is 7.29. The van der Waals surface area contributed by atoms with Gasteiger partial charge >= 0.3 is 5.97 Å². The van der Waals surface area contributed by atoms with Gasteiger partial charge in [-0.15, -0.1) is 0 Å². The van der Waals surface area contributed by atoms with Gasteiger partial charge in [-0.05, 0) is 55.3 Å². The van der Waals surface area contributed by atoms with E-state index in [1.165, 1.54) is 26.3 Å². The summed E-state index contributed by atoms with van der Waals surface area (Å²) in [6.45, 7) is 1.81. The van der Waals surface area contributed by atoms with Crippen LogP contribution in [0.1, 0.15) is 18.9 Å². The lowest BCUT2D eigenvalue weighted by Gasteiger charge is -2.21. The highest BCUT2D eigenvalue weighted by molar-refractivity contribution is 7.92. The van der Waals surface area contributed by atoms with E-state index in [-0.39, 0.29) is 17.9 Å². The number of anilines is 1. The summed E-state index contributed by atoms with van der Waals surface area (Å²) in [5, 5.41) is 8.95. The molecule has 0 heterocycles. The smallest absolute Gasteiger partial charge is 0.317 e. The Morgan fingerprint density at radius 1 is 1.16 bits per heavy atom. The molecule has 2 atom stereocenters. The van der Waals surface area contributed by atoms with Crippen molar-refractivity contribution in [2.24, 2.45) is 5.92 Å². The monoisotopic (exact) mass is 448 g/mol. The zero-order valence-electron chi connectivity index (χ0n) is 17.4. The molecule has 9 nitrogen and oxygen atoms in total. The summed E-state index contributed by atoms with van der Waals surface area (Å²) in [5.74, 6) is -1.45. The third kappa shape index (κ3) is 3.96. The lowest BCUT2D eigenvalue weighted by molar-refractivity contribution is -0.148. The van der Waals surface area contributed by atoms with E-state index in [1.54, 1.807) is 48.8 Å². The number of hydrogen-bond acceptors (Lipinski definition) is 7. The van der Waals surface area contributed by atoms with Gasteiger partial charge in [-0.2, -0.15) is 0 Å². The Labute approximate surface area is 180 Å². The second-order valence-corrected chi connectivity index (χ2v) is 9.09. The van der Waals surface area contributed by atoms with E-state index in [0.29, 0.717) is 17.0 Å². The normalized spacial score (nSPS) is 19.9. The van der Waals surface area contributed by atoms with Gasteiger partial charge in [-0.1, -0.05) is 12.1 Å². The molecule has 2 N–H and O–H groups in total. The van der Waals surface area contributed by atoms with E-state index in [2.05, 4.69) is 0 Å². The average Bonchev–Trinajstić information content (AvgIpc) is 3.55. The largest absolute Gasteiger partial charge is 0.497 e. The van der Waals surface area contributed by atoms with Crippen LogP contribution in [0.4, 0.5) is 5.69 Å². The molecule has 1 saturated carbocycles. The number of benzene rings is 2. The molecule has 0 aromatic heterocycles. The van der Waals surface area contributed by atoms with Gasteiger partial charge in [-0.25, -0.2) is 13.9 Å². The van der Waals surface area contributed by atoms with Crippen molar-refractivity contribution in [1.29, 1.82) is 0 Å². The number of sulfonamides is 1. The highest BCUT2D eigenvalue weighted by Gasteiger charge is 2.65. The number of nitrogens with zero attached hydrogens (tertiary/aromatic N) is 1. The van der Waals surface area contributed by atoms with Gasteiger partial charge in [-0.3, -0.25) is 19.1 Å². The maximum atomic E-state index is 12.9. The van der Waals surface area contributed by atoms with E-state index in [9.17, 15) is 18.0 Å². The van der Waals surface area contributed by atoms with Crippen LogP contribution in [0.3, 0.4) is 0 Å². The lowest BCUT2D eigenvalue weighted by atomic mass is 9.92. The molecule has 166 valence electrons. The third-order valence-electron chi connectivity index (χ3n) is 5.49. The first kappa shape index (κ1) is 22.6. The second-order valence-electron chi connectivity index (χ2n) is 7.12. The molecule has 1 aliphatic carbocycles. The van der Waals surface area contributed by atoms with Gasteiger partial charge in [0.15, 0.2) is 0 Å². The number of esters is 1. The summed E-state index contributed by atoms with van der Waals surface area (Å²) < 4.78 is 37.2. The van der Waals surface area contributed by atoms with Crippen LogP contribution in [0.15, 0.2) is 53.4 Å². The molecule has 0 unspecified atom stereocenters. The Morgan fingerprint density at radius 3 is 2.29 bits per heavy atom. The molecular formula is C21H24N2O7S. The van der Waals surface area contributed by atoms with Crippen LogP contribution in [0.25, 0.3) is 0 Å². The molecule has 2 aromatic rings. The van der Waals surface area contributed by atoms with Crippen LogP contribution in [0.2, 0.25) is 0 Å². The molecule has 3 rings (SSSR count). The number of carbonyl (C=O) groups is 2. The Bertz CT molecular complexity index is 1070. The van der Waals surface area contributed by atoms with Crippen LogP contribution in [-0.4, -0.2) is 46.3 Å². The summed E-state index contributed by atoms with van der Waals surface area (Å²) in [5.41, 5.74) is 1.27. The Balaban J connectivity index is 1.89. The van der Waals surface area contributed by atoms with Crippen LogP contribution in [0.5, 0.6) is 5.75 Å². The number of rotatable bonds is 8. The van der Waals surface area contributed by atoms with Gasteiger partial charge in [0.1, 0.15) is 11.2 Å². The molecule has 0 bridgehead atoms. The molecule has 0 saturated heterocycles. The number of hydrogen-bond donors (Lipinski definition) is 2. The molecule has 1 fully saturated rings. The first-order chi connectivity index (χ1) is 14.7. The van der Waals surface area contributed by atoms with Gasteiger partial charge in [0, 0.05) is 7.05 Å². The van der Waals surface area contributed by atoms with Crippen molar-refractivity contribution in [3.05, 3.63) is 54.1 Å². The van der Waals surface area contributed by atoms with Crippen molar-refractivity contribution in [2.45, 2.75) is 23.7 Å². The van der Waals surface area contributed by atoms with Gasteiger partial charge in [0.25, 0.3) is 10.0 Å². The molecule has 31 heavy (non-hydrogen) atoms. The number of methoxy groups -OCH3 is 1.